The SMILES string of the molecule is N=C(/N=C(\N=C\c1cccc(-c2ccc3c4ccccc4c4ccccc4c3c2)c1)c1ccccc1)c1ccccc1. The topological polar surface area (TPSA) is 48.6 Å². The van der Waals surface area contributed by atoms with Crippen LogP contribution in [-0.4, -0.2) is 17.9 Å². The van der Waals surface area contributed by atoms with E-state index in [4.69, 9.17) is 10.4 Å². The normalized spacial score (nSPS) is 12.0. The van der Waals surface area contributed by atoms with Gasteiger partial charge in [-0.25, -0.2) is 9.98 Å². The van der Waals surface area contributed by atoms with Crippen molar-refractivity contribution in [3.05, 3.63) is 168 Å². The summed E-state index contributed by atoms with van der Waals surface area (Å²) in [6, 6.07) is 51.8. The quantitative estimate of drug-likeness (QED) is 0.132. The van der Waals surface area contributed by atoms with E-state index >= 15 is 0 Å². The maximum atomic E-state index is 8.55. The zero-order valence-electron chi connectivity index (χ0n) is 22.9. The summed E-state index contributed by atoms with van der Waals surface area (Å²) < 4.78 is 0. The molecular formula is C39H27N3. The van der Waals surface area contributed by atoms with Gasteiger partial charge in [0.1, 0.15) is 0 Å². The van der Waals surface area contributed by atoms with Gasteiger partial charge in [0.2, 0.25) is 0 Å². The third kappa shape index (κ3) is 4.89. The van der Waals surface area contributed by atoms with Gasteiger partial charge < -0.3 is 0 Å². The highest BCUT2D eigenvalue weighted by atomic mass is 14.9. The van der Waals surface area contributed by atoms with E-state index in [1.807, 2.05) is 72.9 Å². The molecule has 3 nitrogen and oxygen atoms in total. The minimum atomic E-state index is 0.177. The third-order valence-corrected chi connectivity index (χ3v) is 7.60. The van der Waals surface area contributed by atoms with Crippen molar-refractivity contribution in [2.45, 2.75) is 0 Å². The molecule has 7 aromatic rings. The molecule has 198 valence electrons. The number of benzene rings is 7. The number of fused-ring (bicyclic) bond motifs is 6. The Kier molecular flexibility index (Phi) is 6.67. The van der Waals surface area contributed by atoms with Gasteiger partial charge in [0, 0.05) is 17.3 Å². The number of hydrogen-bond acceptors (Lipinski definition) is 1. The van der Waals surface area contributed by atoms with E-state index in [0.717, 1.165) is 27.8 Å². The first-order chi connectivity index (χ1) is 20.7. The van der Waals surface area contributed by atoms with Crippen LogP contribution in [0.5, 0.6) is 0 Å². The van der Waals surface area contributed by atoms with Crippen molar-refractivity contribution in [3.63, 3.8) is 0 Å². The van der Waals surface area contributed by atoms with Crippen molar-refractivity contribution >= 4 is 50.2 Å². The summed E-state index contributed by atoms with van der Waals surface area (Å²) >= 11 is 0. The minimum Gasteiger partial charge on any atom is -0.282 e. The molecule has 0 aliphatic rings. The highest BCUT2D eigenvalue weighted by Gasteiger charge is 2.10. The van der Waals surface area contributed by atoms with Crippen molar-refractivity contribution in [2.24, 2.45) is 9.98 Å². The van der Waals surface area contributed by atoms with Gasteiger partial charge in [-0.15, -0.1) is 0 Å². The van der Waals surface area contributed by atoms with E-state index in [9.17, 15) is 0 Å². The highest BCUT2D eigenvalue weighted by Crippen LogP contribution is 2.37. The van der Waals surface area contributed by atoms with Gasteiger partial charge in [0.05, 0.1) is 0 Å². The third-order valence-electron chi connectivity index (χ3n) is 7.60. The summed E-state index contributed by atoms with van der Waals surface area (Å²) in [5.74, 6) is 0.676. The molecule has 0 atom stereocenters. The highest BCUT2D eigenvalue weighted by molar-refractivity contribution is 6.25. The molecule has 1 N–H and O–H groups in total. The summed E-state index contributed by atoms with van der Waals surface area (Å²) in [6.07, 6.45) is 1.83. The van der Waals surface area contributed by atoms with Crippen LogP contribution in [0.3, 0.4) is 0 Å². The number of aliphatic imine (C=N–C) groups is 2. The number of nitrogens with one attached hydrogen (secondary N) is 1. The van der Waals surface area contributed by atoms with Crippen LogP contribution in [0.2, 0.25) is 0 Å². The second kappa shape index (κ2) is 11.1. The lowest BCUT2D eigenvalue weighted by Crippen LogP contribution is -2.04. The van der Waals surface area contributed by atoms with Crippen LogP contribution < -0.4 is 0 Å². The lowest BCUT2D eigenvalue weighted by Gasteiger charge is -2.12. The van der Waals surface area contributed by atoms with Crippen molar-refractivity contribution in [1.82, 2.24) is 0 Å². The number of nitrogens with zero attached hydrogens (tertiary/aromatic N) is 2. The number of rotatable bonds is 4. The van der Waals surface area contributed by atoms with E-state index in [1.54, 1.807) is 0 Å². The summed E-state index contributed by atoms with van der Waals surface area (Å²) in [6.45, 7) is 0. The van der Waals surface area contributed by atoms with Crippen molar-refractivity contribution in [3.8, 4) is 11.1 Å². The first-order valence-electron chi connectivity index (χ1n) is 14.0. The van der Waals surface area contributed by atoms with E-state index in [2.05, 4.69) is 89.9 Å². The van der Waals surface area contributed by atoms with Crippen LogP contribution in [0.25, 0.3) is 43.4 Å². The molecule has 0 spiro atoms. The zero-order valence-corrected chi connectivity index (χ0v) is 22.9. The summed E-state index contributed by atoms with van der Waals surface area (Å²) in [4.78, 5) is 9.38. The average molecular weight is 538 g/mol. The Morgan fingerprint density at radius 3 is 1.62 bits per heavy atom. The Bertz CT molecular complexity index is 2110. The van der Waals surface area contributed by atoms with Crippen LogP contribution in [0.1, 0.15) is 16.7 Å². The molecule has 0 amide bonds. The molecular weight excluding hydrogens is 510 g/mol. The predicted molar refractivity (Wildman–Crippen MR) is 178 cm³/mol. The molecule has 0 saturated carbocycles. The molecule has 42 heavy (non-hydrogen) atoms. The maximum absolute atomic E-state index is 8.55. The zero-order chi connectivity index (χ0) is 28.3. The van der Waals surface area contributed by atoms with Crippen molar-refractivity contribution < 1.29 is 0 Å². The van der Waals surface area contributed by atoms with Gasteiger partial charge in [0.15, 0.2) is 11.7 Å². The van der Waals surface area contributed by atoms with E-state index in [0.29, 0.717) is 5.84 Å². The number of amidine groups is 2. The minimum absolute atomic E-state index is 0.177. The fourth-order valence-electron chi connectivity index (χ4n) is 5.54. The Labute approximate surface area is 244 Å². The van der Waals surface area contributed by atoms with Gasteiger partial charge in [-0.2, -0.15) is 0 Å². The standard InChI is InChI=1S/C39H27N3/c40-38(28-13-3-1-4-14-28)42-39(29-15-5-2-6-16-29)41-26-27-12-11-17-30(24-27)31-22-23-36-34-20-8-7-18-32(34)33-19-9-10-21-35(33)37(36)25-31/h1-26,40H/b40-38?,41-26+,42-39-. The van der Waals surface area contributed by atoms with E-state index < -0.39 is 0 Å². The van der Waals surface area contributed by atoms with Gasteiger partial charge in [0.25, 0.3) is 0 Å². The van der Waals surface area contributed by atoms with Crippen LogP contribution >= 0.6 is 0 Å². The molecule has 0 heterocycles. The second-order valence-electron chi connectivity index (χ2n) is 10.3. The van der Waals surface area contributed by atoms with Crippen LogP contribution in [0, 0.1) is 5.41 Å². The van der Waals surface area contributed by atoms with Crippen LogP contribution in [0.15, 0.2) is 162 Å². The van der Waals surface area contributed by atoms with Gasteiger partial charge in [-0.05, 0) is 61.1 Å². The number of hydrogen-bond donors (Lipinski definition) is 1. The molecule has 0 aromatic heterocycles. The fourth-order valence-corrected chi connectivity index (χ4v) is 5.54. The maximum Gasteiger partial charge on any atom is 0.161 e. The molecule has 0 saturated heterocycles. The first kappa shape index (κ1) is 25.3. The predicted octanol–water partition coefficient (Wildman–Crippen LogP) is 9.70. The van der Waals surface area contributed by atoms with E-state index in [-0.39, 0.29) is 5.84 Å². The van der Waals surface area contributed by atoms with Gasteiger partial charge in [-0.3, -0.25) is 5.41 Å². The molecule has 0 aliphatic heterocycles. The largest absolute Gasteiger partial charge is 0.282 e. The molecule has 0 radical (unpaired) electrons. The summed E-state index contributed by atoms with van der Waals surface area (Å²) in [7, 11) is 0. The van der Waals surface area contributed by atoms with Crippen molar-refractivity contribution in [2.75, 3.05) is 0 Å². The Balaban J connectivity index is 1.28. The monoisotopic (exact) mass is 537 g/mol. The summed E-state index contributed by atoms with van der Waals surface area (Å²) in [5, 5.41) is 16.1. The molecule has 0 unspecified atom stereocenters. The smallest absolute Gasteiger partial charge is 0.161 e. The molecule has 0 fully saturated rings. The summed E-state index contributed by atoms with van der Waals surface area (Å²) in [5.41, 5.74) is 4.85. The lowest BCUT2D eigenvalue weighted by molar-refractivity contribution is 1.40. The second-order valence-corrected chi connectivity index (χ2v) is 10.3. The average Bonchev–Trinajstić information content (AvgIpc) is 3.07. The molecule has 7 rings (SSSR count). The molecule has 7 aromatic carbocycles. The van der Waals surface area contributed by atoms with Crippen LogP contribution in [-0.2, 0) is 0 Å². The Hall–Kier alpha value is -5.67. The van der Waals surface area contributed by atoms with Gasteiger partial charge in [-0.1, -0.05) is 140 Å². The fraction of sp³-hybridized carbons (Fsp3) is 0. The van der Waals surface area contributed by atoms with Gasteiger partial charge >= 0.3 is 0 Å². The molecule has 0 aliphatic carbocycles. The lowest BCUT2D eigenvalue weighted by atomic mass is 9.92. The first-order valence-corrected chi connectivity index (χ1v) is 14.0. The Morgan fingerprint density at radius 1 is 0.452 bits per heavy atom. The molecule has 3 heteroatoms. The van der Waals surface area contributed by atoms with Crippen LogP contribution in [0.4, 0.5) is 0 Å². The molecule has 0 bridgehead atoms. The van der Waals surface area contributed by atoms with Crippen molar-refractivity contribution in [1.29, 1.82) is 5.41 Å². The Morgan fingerprint density at radius 2 is 0.976 bits per heavy atom. The van der Waals surface area contributed by atoms with E-state index in [1.165, 1.54) is 32.3 Å².